The summed E-state index contributed by atoms with van der Waals surface area (Å²) in [4.78, 5) is 5.30. The Kier molecular flexibility index (Phi) is 9.11. The standard InChI is InChI=1S/C56H35N2O2.Pt/c1-37-28-29-42(33-48(37)40-20-9-4-10-21-40)41-22-15-23-44(32-41)59-45-35-49-47-31-30-43(38-16-5-2-6-17-38)34-54(47)60-55(49)50(36-45)56-57-51-25-12-14-27-53(51)58(56)52-26-13-11-24-46(52)39-18-7-3-8-19-39;/h2-28,30-31,33-35H,1H3;/q-3;/i1D3;. The van der Waals surface area contributed by atoms with E-state index >= 15 is 0 Å². The van der Waals surface area contributed by atoms with Crippen LogP contribution in [-0.4, -0.2) is 9.55 Å². The SMILES string of the molecule is [2H]C([2H])([2H])c1c[c-]c(-c2[c-]c(Oc3[c-]c(-c4nc5ccccc5n4-c4ccccc4-c4ccccc4)c4oc5cc(-c6ccccc6)ccc5c4c3)ccc2)cc1-c1ccccc1.[Pt]. The molecule has 0 unspecified atom stereocenters. The van der Waals surface area contributed by atoms with Gasteiger partial charge in [0.15, 0.2) is 0 Å². The van der Waals surface area contributed by atoms with Crippen LogP contribution in [0.15, 0.2) is 199 Å². The molecule has 5 heteroatoms. The Morgan fingerprint density at radius 1 is 0.574 bits per heavy atom. The van der Waals surface area contributed by atoms with Gasteiger partial charge >= 0.3 is 0 Å². The van der Waals surface area contributed by atoms with Crippen LogP contribution >= 0.6 is 0 Å². The molecule has 0 aliphatic heterocycles. The Balaban J connectivity index is 0.00000484. The van der Waals surface area contributed by atoms with Gasteiger partial charge in [-0.1, -0.05) is 163 Å². The second-order valence-corrected chi connectivity index (χ2v) is 14.6. The molecule has 0 saturated carbocycles. The van der Waals surface area contributed by atoms with Gasteiger partial charge in [-0.3, -0.25) is 4.98 Å². The first-order valence-corrected chi connectivity index (χ1v) is 19.8. The number of ether oxygens (including phenoxy) is 1. The number of rotatable bonds is 8. The summed E-state index contributed by atoms with van der Waals surface area (Å²) in [7, 11) is 0. The maximum Gasteiger partial charge on any atom is 0.121 e. The molecule has 9 aromatic carbocycles. The number of hydrogen-bond acceptors (Lipinski definition) is 3. The minimum Gasteiger partial charge on any atom is -0.501 e. The van der Waals surface area contributed by atoms with E-state index in [0.29, 0.717) is 45.2 Å². The van der Waals surface area contributed by atoms with Crippen molar-refractivity contribution in [3.63, 3.8) is 0 Å². The molecular weight excluding hydrogens is 928 g/mol. The normalized spacial score (nSPS) is 12.2. The number of aromatic nitrogens is 2. The predicted octanol–water partition coefficient (Wildman–Crippen LogP) is 14.8. The van der Waals surface area contributed by atoms with Crippen molar-refractivity contribution in [2.45, 2.75) is 6.85 Å². The molecule has 11 aromatic rings. The largest absolute Gasteiger partial charge is 0.501 e. The second-order valence-electron chi connectivity index (χ2n) is 14.6. The molecule has 0 aliphatic rings. The number of nitrogens with zero attached hydrogens (tertiary/aromatic N) is 2. The fourth-order valence-corrected chi connectivity index (χ4v) is 8.07. The minimum atomic E-state index is -2.31. The van der Waals surface area contributed by atoms with Crippen LogP contribution in [-0.2, 0) is 21.1 Å². The number of para-hydroxylation sites is 3. The Bertz CT molecular complexity index is 3470. The third kappa shape index (κ3) is 7.05. The summed E-state index contributed by atoms with van der Waals surface area (Å²) >= 11 is 0. The average Bonchev–Trinajstić information content (AvgIpc) is 3.90. The fraction of sp³-hybridized carbons (Fsp3) is 0.0179. The van der Waals surface area contributed by atoms with E-state index in [1.54, 1.807) is 6.07 Å². The molecule has 2 aromatic heterocycles. The Morgan fingerprint density at radius 2 is 1.28 bits per heavy atom. The van der Waals surface area contributed by atoms with Crippen molar-refractivity contribution in [3.05, 3.63) is 218 Å². The van der Waals surface area contributed by atoms with Crippen LogP contribution in [0, 0.1) is 25.1 Å². The van der Waals surface area contributed by atoms with Gasteiger partial charge in [0, 0.05) is 53.3 Å². The van der Waals surface area contributed by atoms with E-state index in [1.807, 2.05) is 121 Å². The fourth-order valence-electron chi connectivity index (χ4n) is 8.07. The second kappa shape index (κ2) is 16.1. The molecule has 0 fully saturated rings. The molecule has 0 bridgehead atoms. The van der Waals surface area contributed by atoms with Crippen LogP contribution in [0.4, 0.5) is 0 Å². The molecule has 0 radical (unpaired) electrons. The summed E-state index contributed by atoms with van der Waals surface area (Å²) in [5.41, 5.74) is 12.0. The van der Waals surface area contributed by atoms with Gasteiger partial charge in [-0.25, -0.2) is 11.1 Å². The predicted molar refractivity (Wildman–Crippen MR) is 243 cm³/mol. The summed E-state index contributed by atoms with van der Waals surface area (Å²) < 4.78 is 40.5. The Labute approximate surface area is 372 Å². The molecule has 0 aliphatic carbocycles. The molecule has 11 rings (SSSR count). The van der Waals surface area contributed by atoms with Crippen LogP contribution in [0.1, 0.15) is 9.68 Å². The van der Waals surface area contributed by atoms with Crippen molar-refractivity contribution in [2.24, 2.45) is 0 Å². The summed E-state index contributed by atoms with van der Waals surface area (Å²) in [6.07, 6.45) is 0. The number of imidazole rings is 1. The molecule has 61 heavy (non-hydrogen) atoms. The third-order valence-electron chi connectivity index (χ3n) is 10.9. The molecular formula is C56H35N2O2Pt-3. The minimum absolute atomic E-state index is 0. The van der Waals surface area contributed by atoms with Crippen molar-refractivity contribution in [2.75, 3.05) is 0 Å². The van der Waals surface area contributed by atoms with Gasteiger partial charge in [-0.15, -0.1) is 23.3 Å². The molecule has 0 spiro atoms. The van der Waals surface area contributed by atoms with Gasteiger partial charge < -0.3 is 13.7 Å². The van der Waals surface area contributed by atoms with E-state index < -0.39 is 6.85 Å². The van der Waals surface area contributed by atoms with Gasteiger partial charge in [0.25, 0.3) is 0 Å². The van der Waals surface area contributed by atoms with Gasteiger partial charge in [0.1, 0.15) is 5.58 Å². The zero-order valence-corrected chi connectivity index (χ0v) is 34.8. The Morgan fingerprint density at radius 3 is 2.07 bits per heavy atom. The first-order valence-electron chi connectivity index (χ1n) is 21.3. The van der Waals surface area contributed by atoms with Crippen molar-refractivity contribution in [1.82, 2.24) is 9.55 Å². The van der Waals surface area contributed by atoms with Crippen molar-refractivity contribution in [3.8, 4) is 73.1 Å². The average molecular weight is 966 g/mol. The molecule has 4 nitrogen and oxygen atoms in total. The van der Waals surface area contributed by atoms with Gasteiger partial charge in [0.05, 0.1) is 22.4 Å². The Hall–Kier alpha value is -7.26. The summed E-state index contributed by atoms with van der Waals surface area (Å²) in [6.45, 7) is -2.31. The first-order chi connectivity index (χ1) is 30.9. The summed E-state index contributed by atoms with van der Waals surface area (Å²) in [5.74, 6) is 1.54. The smallest absolute Gasteiger partial charge is 0.121 e. The van der Waals surface area contributed by atoms with Crippen molar-refractivity contribution < 1.29 is 34.3 Å². The number of benzene rings is 9. The monoisotopic (exact) mass is 965 g/mol. The number of hydrogen-bond donors (Lipinski definition) is 0. The first kappa shape index (κ1) is 34.6. The topological polar surface area (TPSA) is 40.2 Å². The van der Waals surface area contributed by atoms with E-state index in [0.717, 1.165) is 60.9 Å². The van der Waals surface area contributed by atoms with E-state index in [1.165, 1.54) is 0 Å². The molecule has 0 saturated heterocycles. The van der Waals surface area contributed by atoms with E-state index in [4.69, 9.17) is 18.3 Å². The molecule has 294 valence electrons. The maximum atomic E-state index is 8.24. The van der Waals surface area contributed by atoms with Crippen LogP contribution in [0.5, 0.6) is 11.5 Å². The van der Waals surface area contributed by atoms with Crippen molar-refractivity contribution in [1.29, 1.82) is 0 Å². The van der Waals surface area contributed by atoms with Crippen LogP contribution < -0.4 is 4.74 Å². The zero-order chi connectivity index (χ0) is 42.5. The van der Waals surface area contributed by atoms with Crippen LogP contribution in [0.3, 0.4) is 0 Å². The quantitative estimate of drug-likeness (QED) is 0.143. The molecule has 0 amide bonds. The van der Waals surface area contributed by atoms with Gasteiger partial charge in [0.2, 0.25) is 0 Å². The molecule has 0 N–H and O–H groups in total. The summed E-state index contributed by atoms with van der Waals surface area (Å²) in [6, 6.07) is 74.3. The molecule has 2 heterocycles. The van der Waals surface area contributed by atoms with Gasteiger partial charge in [-0.05, 0) is 46.5 Å². The number of furan rings is 1. The maximum absolute atomic E-state index is 8.24. The molecule has 0 atom stereocenters. The number of fused-ring (bicyclic) bond motifs is 4. The zero-order valence-electron chi connectivity index (χ0n) is 35.5. The van der Waals surface area contributed by atoms with Crippen molar-refractivity contribution >= 4 is 33.0 Å². The summed E-state index contributed by atoms with van der Waals surface area (Å²) in [5, 5.41) is 1.77. The van der Waals surface area contributed by atoms with Gasteiger partial charge in [-0.2, -0.15) is 30.3 Å². The van der Waals surface area contributed by atoms with Crippen LogP contribution in [0.2, 0.25) is 0 Å². The van der Waals surface area contributed by atoms with E-state index in [9.17, 15) is 0 Å². The van der Waals surface area contributed by atoms with E-state index in [2.05, 4.69) is 89.5 Å². The van der Waals surface area contributed by atoms with E-state index in [-0.39, 0.29) is 26.6 Å². The number of aryl methyl sites for hydroxylation is 1. The third-order valence-corrected chi connectivity index (χ3v) is 10.9. The van der Waals surface area contributed by atoms with Crippen LogP contribution in [0.25, 0.3) is 94.6 Å².